The van der Waals surface area contributed by atoms with Crippen LogP contribution in [-0.4, -0.2) is 24.4 Å². The SMILES string of the molecule is Cc1cc([C@@H]2CCCN2S(=O)(=O)c2ccc(Cl)s2)on1. The van der Waals surface area contributed by atoms with Crippen molar-refractivity contribution in [3.63, 3.8) is 0 Å². The summed E-state index contributed by atoms with van der Waals surface area (Å²) in [6.45, 7) is 2.31. The van der Waals surface area contributed by atoms with Crippen LogP contribution in [0.4, 0.5) is 0 Å². The summed E-state index contributed by atoms with van der Waals surface area (Å²) in [5, 5.41) is 3.84. The molecule has 0 spiro atoms. The Morgan fingerprint density at radius 2 is 2.30 bits per heavy atom. The quantitative estimate of drug-likeness (QED) is 0.865. The molecule has 1 fully saturated rings. The van der Waals surface area contributed by atoms with Gasteiger partial charge in [-0.25, -0.2) is 8.42 Å². The van der Waals surface area contributed by atoms with E-state index in [2.05, 4.69) is 5.16 Å². The number of hydrogen-bond donors (Lipinski definition) is 0. The topological polar surface area (TPSA) is 63.4 Å². The van der Waals surface area contributed by atoms with Crippen molar-refractivity contribution in [1.82, 2.24) is 9.46 Å². The van der Waals surface area contributed by atoms with Gasteiger partial charge >= 0.3 is 0 Å². The Labute approximate surface area is 126 Å². The zero-order valence-corrected chi connectivity index (χ0v) is 13.1. The van der Waals surface area contributed by atoms with Crippen LogP contribution in [0, 0.1) is 6.92 Å². The molecule has 0 aliphatic carbocycles. The fraction of sp³-hybridized carbons (Fsp3) is 0.417. The molecule has 0 amide bonds. The van der Waals surface area contributed by atoms with Crippen LogP contribution in [0.5, 0.6) is 0 Å². The van der Waals surface area contributed by atoms with Crippen LogP contribution in [0.1, 0.15) is 30.3 Å². The van der Waals surface area contributed by atoms with Crippen LogP contribution in [0.15, 0.2) is 26.9 Å². The standard InChI is InChI=1S/C12H13ClN2O3S2/c1-8-7-10(18-14-8)9-3-2-6-15(9)20(16,17)12-5-4-11(13)19-12/h4-5,7,9H,2-3,6H2,1H3/t9-/m0/s1. The zero-order valence-electron chi connectivity index (χ0n) is 10.7. The van der Waals surface area contributed by atoms with Gasteiger partial charge in [0, 0.05) is 12.6 Å². The third-order valence-electron chi connectivity index (χ3n) is 3.29. The molecule has 0 unspecified atom stereocenters. The molecule has 0 N–H and O–H groups in total. The molecular formula is C12H13ClN2O3S2. The van der Waals surface area contributed by atoms with E-state index >= 15 is 0 Å². The Morgan fingerprint density at radius 3 is 2.90 bits per heavy atom. The van der Waals surface area contributed by atoms with Gasteiger partial charge in [-0.3, -0.25) is 0 Å². The summed E-state index contributed by atoms with van der Waals surface area (Å²) in [4.78, 5) is 0. The summed E-state index contributed by atoms with van der Waals surface area (Å²) < 4.78 is 32.8. The zero-order chi connectivity index (χ0) is 14.3. The van der Waals surface area contributed by atoms with E-state index in [4.69, 9.17) is 16.1 Å². The molecule has 8 heteroatoms. The van der Waals surface area contributed by atoms with Crippen LogP contribution in [-0.2, 0) is 10.0 Å². The van der Waals surface area contributed by atoms with E-state index in [1.54, 1.807) is 18.2 Å². The van der Waals surface area contributed by atoms with Crippen molar-refractivity contribution in [2.24, 2.45) is 0 Å². The molecule has 2 aromatic heterocycles. The van der Waals surface area contributed by atoms with Crippen LogP contribution < -0.4 is 0 Å². The molecule has 3 rings (SSSR count). The maximum absolute atomic E-state index is 12.7. The number of nitrogens with zero attached hydrogens (tertiary/aromatic N) is 2. The Kier molecular flexibility index (Phi) is 3.62. The minimum absolute atomic E-state index is 0.269. The average molecular weight is 333 g/mol. The smallest absolute Gasteiger partial charge is 0.253 e. The van der Waals surface area contributed by atoms with E-state index in [9.17, 15) is 8.42 Å². The van der Waals surface area contributed by atoms with E-state index in [1.165, 1.54) is 4.31 Å². The van der Waals surface area contributed by atoms with Gasteiger partial charge in [-0.05, 0) is 31.9 Å². The molecule has 1 aliphatic rings. The monoisotopic (exact) mass is 332 g/mol. The van der Waals surface area contributed by atoms with Gasteiger partial charge in [0.15, 0.2) is 5.76 Å². The molecular weight excluding hydrogens is 320 g/mol. The lowest BCUT2D eigenvalue weighted by Crippen LogP contribution is -2.30. The predicted molar refractivity (Wildman–Crippen MR) is 76.4 cm³/mol. The van der Waals surface area contributed by atoms with Crippen LogP contribution >= 0.6 is 22.9 Å². The molecule has 0 bridgehead atoms. The van der Waals surface area contributed by atoms with Gasteiger partial charge in [-0.2, -0.15) is 4.31 Å². The highest BCUT2D eigenvalue weighted by molar-refractivity contribution is 7.91. The first kappa shape index (κ1) is 14.1. The number of aryl methyl sites for hydroxylation is 1. The number of hydrogen-bond acceptors (Lipinski definition) is 5. The van der Waals surface area contributed by atoms with Crippen molar-refractivity contribution in [2.75, 3.05) is 6.54 Å². The molecule has 2 aromatic rings. The lowest BCUT2D eigenvalue weighted by Gasteiger charge is -2.21. The maximum atomic E-state index is 12.7. The second-order valence-electron chi connectivity index (χ2n) is 4.70. The number of thiophene rings is 1. The summed E-state index contributed by atoms with van der Waals surface area (Å²) in [5.74, 6) is 0.603. The number of sulfonamides is 1. The molecule has 3 heterocycles. The molecule has 0 radical (unpaired) electrons. The van der Waals surface area contributed by atoms with Crippen LogP contribution in [0.2, 0.25) is 4.34 Å². The summed E-state index contributed by atoms with van der Waals surface area (Å²) >= 11 is 6.91. The minimum atomic E-state index is -3.53. The fourth-order valence-electron chi connectivity index (χ4n) is 2.40. The van der Waals surface area contributed by atoms with Gasteiger partial charge in [-0.1, -0.05) is 16.8 Å². The normalized spacial score (nSPS) is 20.6. The average Bonchev–Trinajstić information content (AvgIpc) is 3.07. The summed E-state index contributed by atoms with van der Waals surface area (Å²) in [6, 6.07) is 4.66. The van der Waals surface area contributed by atoms with Crippen molar-refractivity contribution in [2.45, 2.75) is 30.0 Å². The first-order valence-corrected chi connectivity index (χ1v) is 8.82. The Bertz CT molecular complexity index is 723. The Morgan fingerprint density at radius 1 is 1.50 bits per heavy atom. The van der Waals surface area contributed by atoms with Gasteiger partial charge < -0.3 is 4.52 Å². The van der Waals surface area contributed by atoms with E-state index in [-0.39, 0.29) is 10.3 Å². The molecule has 1 aliphatic heterocycles. The van der Waals surface area contributed by atoms with Crippen LogP contribution in [0.25, 0.3) is 0 Å². The molecule has 0 aromatic carbocycles. The van der Waals surface area contributed by atoms with E-state index in [0.717, 1.165) is 29.9 Å². The highest BCUT2D eigenvalue weighted by atomic mass is 35.5. The number of rotatable bonds is 3. The van der Waals surface area contributed by atoms with Crippen molar-refractivity contribution in [1.29, 1.82) is 0 Å². The van der Waals surface area contributed by atoms with Crippen molar-refractivity contribution in [3.05, 3.63) is 34.0 Å². The van der Waals surface area contributed by atoms with E-state index in [1.807, 2.05) is 6.92 Å². The third-order valence-corrected chi connectivity index (χ3v) is 6.90. The summed E-state index contributed by atoms with van der Waals surface area (Å²) in [6.07, 6.45) is 1.55. The molecule has 1 saturated heterocycles. The van der Waals surface area contributed by atoms with Crippen molar-refractivity contribution < 1.29 is 12.9 Å². The van der Waals surface area contributed by atoms with Gasteiger partial charge in [0.1, 0.15) is 4.21 Å². The van der Waals surface area contributed by atoms with Gasteiger partial charge in [-0.15, -0.1) is 11.3 Å². The molecule has 0 saturated carbocycles. The van der Waals surface area contributed by atoms with E-state index in [0.29, 0.717) is 16.6 Å². The lowest BCUT2D eigenvalue weighted by atomic mass is 10.2. The fourth-order valence-corrected chi connectivity index (χ4v) is 5.68. The van der Waals surface area contributed by atoms with Crippen molar-refractivity contribution >= 4 is 33.0 Å². The number of halogens is 1. The summed E-state index contributed by atoms with van der Waals surface area (Å²) in [5.41, 5.74) is 0.753. The minimum Gasteiger partial charge on any atom is -0.359 e. The third kappa shape index (κ3) is 2.39. The van der Waals surface area contributed by atoms with Crippen LogP contribution in [0.3, 0.4) is 0 Å². The van der Waals surface area contributed by atoms with Gasteiger partial charge in [0.05, 0.1) is 16.1 Å². The first-order chi connectivity index (χ1) is 9.48. The molecule has 108 valence electrons. The molecule has 5 nitrogen and oxygen atoms in total. The molecule has 20 heavy (non-hydrogen) atoms. The second-order valence-corrected chi connectivity index (χ2v) is 8.54. The molecule has 1 atom stereocenters. The van der Waals surface area contributed by atoms with Gasteiger partial charge in [0.25, 0.3) is 10.0 Å². The predicted octanol–water partition coefficient (Wildman–Crippen LogP) is 3.22. The largest absolute Gasteiger partial charge is 0.359 e. The van der Waals surface area contributed by atoms with Gasteiger partial charge in [0.2, 0.25) is 0 Å². The number of aromatic nitrogens is 1. The first-order valence-electron chi connectivity index (χ1n) is 6.19. The Balaban J connectivity index is 1.96. The summed E-state index contributed by atoms with van der Waals surface area (Å²) in [7, 11) is -3.53. The second kappa shape index (κ2) is 5.14. The van der Waals surface area contributed by atoms with E-state index < -0.39 is 10.0 Å². The highest BCUT2D eigenvalue weighted by Gasteiger charge is 2.38. The lowest BCUT2D eigenvalue weighted by molar-refractivity contribution is 0.297. The highest BCUT2D eigenvalue weighted by Crippen LogP contribution is 2.38. The Hall–Kier alpha value is -0.890. The maximum Gasteiger partial charge on any atom is 0.253 e. The van der Waals surface area contributed by atoms with Crippen molar-refractivity contribution in [3.8, 4) is 0 Å².